The zero-order valence-corrected chi connectivity index (χ0v) is 16.2. The van der Waals surface area contributed by atoms with Gasteiger partial charge in [0.25, 0.3) is 0 Å². The van der Waals surface area contributed by atoms with E-state index >= 15 is 0 Å². The molecule has 0 radical (unpaired) electrons. The molecule has 0 bridgehead atoms. The molecule has 0 spiro atoms. The molecule has 0 saturated carbocycles. The number of rotatable bonds is 4. The number of likely N-dealkylation sites (tertiary alicyclic amines) is 1. The summed E-state index contributed by atoms with van der Waals surface area (Å²) >= 11 is 0. The third-order valence-corrected chi connectivity index (χ3v) is 5.45. The first-order valence-corrected chi connectivity index (χ1v) is 9.08. The summed E-state index contributed by atoms with van der Waals surface area (Å²) in [7, 11) is 4.52. The molecule has 0 aromatic heterocycles. The lowest BCUT2D eigenvalue weighted by Crippen LogP contribution is -2.48. The molecule has 4 nitrogen and oxygen atoms in total. The third kappa shape index (κ3) is 4.85. The molecule has 3 rings (SSSR count). The van der Waals surface area contributed by atoms with E-state index < -0.39 is 0 Å². The Bertz CT molecular complexity index is 502. The molecule has 24 heavy (non-hydrogen) atoms. The van der Waals surface area contributed by atoms with Crippen molar-refractivity contribution in [2.75, 3.05) is 51.7 Å². The highest BCUT2D eigenvalue weighted by molar-refractivity contribution is 5.85. The molecule has 2 heterocycles. The minimum Gasteiger partial charge on any atom is -0.371 e. The highest BCUT2D eigenvalue weighted by Crippen LogP contribution is 2.26. The van der Waals surface area contributed by atoms with E-state index in [2.05, 4.69) is 65.3 Å². The third-order valence-electron chi connectivity index (χ3n) is 5.45. The van der Waals surface area contributed by atoms with Crippen LogP contribution in [-0.2, 0) is 6.54 Å². The van der Waals surface area contributed by atoms with Crippen LogP contribution in [0.25, 0.3) is 0 Å². The van der Waals surface area contributed by atoms with Gasteiger partial charge in [-0.15, -0.1) is 12.4 Å². The van der Waals surface area contributed by atoms with Gasteiger partial charge in [-0.05, 0) is 51.5 Å². The number of nitrogens with zero attached hydrogens (tertiary/aromatic N) is 3. The van der Waals surface area contributed by atoms with Gasteiger partial charge in [-0.1, -0.05) is 18.2 Å². The predicted octanol–water partition coefficient (Wildman–Crippen LogP) is 2.43. The smallest absolute Gasteiger partial charge is 0.0411 e. The second-order valence-corrected chi connectivity index (χ2v) is 7.36. The van der Waals surface area contributed by atoms with Crippen LogP contribution >= 0.6 is 12.4 Å². The molecule has 5 heteroatoms. The maximum Gasteiger partial charge on any atom is 0.0411 e. The van der Waals surface area contributed by atoms with Crippen molar-refractivity contribution in [3.63, 3.8) is 0 Å². The van der Waals surface area contributed by atoms with Gasteiger partial charge >= 0.3 is 0 Å². The predicted molar refractivity (Wildman–Crippen MR) is 105 cm³/mol. The number of hydrogen-bond donors (Lipinski definition) is 1. The van der Waals surface area contributed by atoms with Gasteiger partial charge in [0, 0.05) is 51.0 Å². The topological polar surface area (TPSA) is 21.8 Å². The normalized spacial score (nSPS) is 23.7. The molecule has 1 aromatic carbocycles. The largest absolute Gasteiger partial charge is 0.371 e. The molecule has 136 valence electrons. The number of halogens is 1. The molecule has 2 saturated heterocycles. The highest BCUT2D eigenvalue weighted by atomic mass is 35.5. The SMILES string of the molecule is C[C@@H]1CN(Cc2ccccc2N(C)C2CCN(C)CC2)CCN1.Cl. The Hall–Kier alpha value is -0.810. The van der Waals surface area contributed by atoms with E-state index in [-0.39, 0.29) is 12.4 Å². The molecular formula is C19H33ClN4. The maximum atomic E-state index is 3.53. The average molecular weight is 353 g/mol. The summed E-state index contributed by atoms with van der Waals surface area (Å²) in [4.78, 5) is 7.56. The molecular weight excluding hydrogens is 320 g/mol. The van der Waals surface area contributed by atoms with Crippen LogP contribution in [0.3, 0.4) is 0 Å². The molecule has 0 amide bonds. The molecule has 2 aliphatic rings. The first kappa shape index (κ1) is 19.5. The van der Waals surface area contributed by atoms with Crippen molar-refractivity contribution in [2.24, 2.45) is 0 Å². The Morgan fingerprint density at radius 1 is 1.17 bits per heavy atom. The van der Waals surface area contributed by atoms with E-state index in [0.717, 1.165) is 26.2 Å². The van der Waals surface area contributed by atoms with Gasteiger partial charge in [0.15, 0.2) is 0 Å². The Labute approximate surface area is 153 Å². The van der Waals surface area contributed by atoms with Crippen LogP contribution in [-0.4, -0.2) is 68.7 Å². The summed E-state index contributed by atoms with van der Waals surface area (Å²) in [6, 6.07) is 10.3. The summed E-state index contributed by atoms with van der Waals surface area (Å²) in [5, 5.41) is 3.53. The van der Waals surface area contributed by atoms with Crippen molar-refractivity contribution in [1.82, 2.24) is 15.1 Å². The van der Waals surface area contributed by atoms with Crippen molar-refractivity contribution in [2.45, 2.75) is 38.4 Å². The quantitative estimate of drug-likeness (QED) is 0.898. The van der Waals surface area contributed by atoms with Gasteiger partial charge in [0.05, 0.1) is 0 Å². The Kier molecular flexibility index (Phi) is 7.35. The monoisotopic (exact) mass is 352 g/mol. The van der Waals surface area contributed by atoms with Gasteiger partial charge in [-0.3, -0.25) is 4.90 Å². The molecule has 0 aliphatic carbocycles. The number of benzene rings is 1. The van der Waals surface area contributed by atoms with Gasteiger partial charge in [0.1, 0.15) is 0 Å². The van der Waals surface area contributed by atoms with Crippen LogP contribution in [0.5, 0.6) is 0 Å². The fraction of sp³-hybridized carbons (Fsp3) is 0.684. The number of para-hydroxylation sites is 1. The number of hydrogen-bond acceptors (Lipinski definition) is 4. The van der Waals surface area contributed by atoms with Crippen LogP contribution in [0, 0.1) is 0 Å². The Morgan fingerprint density at radius 3 is 2.58 bits per heavy atom. The molecule has 1 atom stereocenters. The van der Waals surface area contributed by atoms with E-state index in [0.29, 0.717) is 12.1 Å². The van der Waals surface area contributed by atoms with Gasteiger partial charge in [0.2, 0.25) is 0 Å². The summed E-state index contributed by atoms with van der Waals surface area (Å²) in [6.07, 6.45) is 2.54. The fourth-order valence-electron chi connectivity index (χ4n) is 3.96. The number of piperazine rings is 1. The van der Waals surface area contributed by atoms with E-state index in [9.17, 15) is 0 Å². The standard InChI is InChI=1S/C19H32N4.ClH/c1-16-14-23(13-10-20-16)15-17-6-4-5-7-19(17)22(3)18-8-11-21(2)12-9-18;/h4-7,16,18,20H,8-15H2,1-3H3;1H/t16-;/m1./s1. The molecule has 1 N–H and O–H groups in total. The van der Waals surface area contributed by atoms with Crippen LogP contribution in [0.1, 0.15) is 25.3 Å². The van der Waals surface area contributed by atoms with Crippen molar-refractivity contribution in [3.8, 4) is 0 Å². The average Bonchev–Trinajstić information content (AvgIpc) is 2.55. The first-order chi connectivity index (χ1) is 11.1. The lowest BCUT2D eigenvalue weighted by atomic mass is 10.0. The zero-order chi connectivity index (χ0) is 16.2. The van der Waals surface area contributed by atoms with Crippen LogP contribution in [0.2, 0.25) is 0 Å². The first-order valence-electron chi connectivity index (χ1n) is 9.08. The van der Waals surface area contributed by atoms with E-state index in [4.69, 9.17) is 0 Å². The lowest BCUT2D eigenvalue weighted by Gasteiger charge is -2.38. The maximum absolute atomic E-state index is 3.53. The summed E-state index contributed by atoms with van der Waals surface area (Å²) < 4.78 is 0. The highest BCUT2D eigenvalue weighted by Gasteiger charge is 2.23. The summed E-state index contributed by atoms with van der Waals surface area (Å²) in [5.41, 5.74) is 2.90. The summed E-state index contributed by atoms with van der Waals surface area (Å²) in [5.74, 6) is 0. The van der Waals surface area contributed by atoms with Gasteiger partial charge in [-0.25, -0.2) is 0 Å². The van der Waals surface area contributed by atoms with E-state index in [1.54, 1.807) is 0 Å². The number of piperidine rings is 1. The molecule has 1 aromatic rings. The van der Waals surface area contributed by atoms with Crippen LogP contribution < -0.4 is 10.2 Å². The van der Waals surface area contributed by atoms with Crippen LogP contribution in [0.15, 0.2) is 24.3 Å². The minimum absolute atomic E-state index is 0. The fourth-order valence-corrected chi connectivity index (χ4v) is 3.96. The molecule has 0 unspecified atom stereocenters. The van der Waals surface area contributed by atoms with Gasteiger partial charge < -0.3 is 15.1 Å². The number of nitrogens with one attached hydrogen (secondary N) is 1. The van der Waals surface area contributed by atoms with Crippen molar-refractivity contribution >= 4 is 18.1 Å². The van der Waals surface area contributed by atoms with E-state index in [1.165, 1.54) is 37.2 Å². The molecule has 2 aliphatic heterocycles. The van der Waals surface area contributed by atoms with Crippen LogP contribution in [0.4, 0.5) is 5.69 Å². The minimum atomic E-state index is 0. The van der Waals surface area contributed by atoms with Crippen molar-refractivity contribution < 1.29 is 0 Å². The second kappa shape index (κ2) is 9.04. The van der Waals surface area contributed by atoms with E-state index in [1.807, 2.05) is 0 Å². The summed E-state index contributed by atoms with van der Waals surface area (Å²) in [6.45, 7) is 9.18. The Morgan fingerprint density at radius 2 is 1.88 bits per heavy atom. The van der Waals surface area contributed by atoms with Crippen molar-refractivity contribution in [1.29, 1.82) is 0 Å². The lowest BCUT2D eigenvalue weighted by molar-refractivity contribution is 0.199. The van der Waals surface area contributed by atoms with Gasteiger partial charge in [-0.2, -0.15) is 0 Å². The second-order valence-electron chi connectivity index (χ2n) is 7.36. The van der Waals surface area contributed by atoms with Crippen molar-refractivity contribution in [3.05, 3.63) is 29.8 Å². The number of anilines is 1. The zero-order valence-electron chi connectivity index (χ0n) is 15.4. The Balaban J connectivity index is 0.00000208. The molecule has 2 fully saturated rings.